The molecule has 0 radical (unpaired) electrons. The third-order valence-electron chi connectivity index (χ3n) is 9.24. The van der Waals surface area contributed by atoms with Gasteiger partial charge in [0.25, 0.3) is 0 Å². The highest BCUT2D eigenvalue weighted by Crippen LogP contribution is 2.04. The Kier molecular flexibility index (Phi) is 30.5. The van der Waals surface area contributed by atoms with Gasteiger partial charge in [-0.25, -0.2) is 0 Å². The second-order valence-corrected chi connectivity index (χ2v) is 14.5. The van der Waals surface area contributed by atoms with Gasteiger partial charge < -0.3 is 56.5 Å². The van der Waals surface area contributed by atoms with Crippen LogP contribution in [0.5, 0.6) is 0 Å². The van der Waals surface area contributed by atoms with Crippen LogP contribution in [0, 0.1) is 0 Å². The number of amides is 5. The largest absolute Gasteiger partial charge is 0.480 e. The van der Waals surface area contributed by atoms with Crippen LogP contribution in [0.15, 0.2) is 0 Å². The van der Waals surface area contributed by atoms with Gasteiger partial charge >= 0.3 is 17.9 Å². The third kappa shape index (κ3) is 31.9. The lowest BCUT2D eigenvalue weighted by Crippen LogP contribution is -2.49. The normalized spacial score (nSPS) is 15.4. The lowest BCUT2D eigenvalue weighted by atomic mass is 10.1. The number of carbonyl (C=O) groups is 8. The fourth-order valence-electron chi connectivity index (χ4n) is 6.00. The predicted octanol–water partition coefficient (Wildman–Crippen LogP) is -3.42. The van der Waals surface area contributed by atoms with E-state index in [1.54, 1.807) is 14.7 Å². The number of rotatable bonds is 32. The number of nitrogens with one attached hydrogen (secondary N) is 4. The van der Waals surface area contributed by atoms with Gasteiger partial charge in [0.05, 0.1) is 52.6 Å². The number of hydrogen-bond donors (Lipinski definition) is 8. The zero-order valence-corrected chi connectivity index (χ0v) is 35.6. The zero-order chi connectivity index (χ0) is 45.3. The van der Waals surface area contributed by atoms with Crippen molar-refractivity contribution >= 4 is 47.4 Å². The Morgan fingerprint density at radius 1 is 0.508 bits per heavy atom. The molecule has 1 heterocycles. The molecule has 0 aromatic rings. The molecule has 0 aliphatic carbocycles. The molecule has 0 unspecified atom stereocenters. The second-order valence-electron chi connectivity index (χ2n) is 14.5. The number of primary amides is 1. The summed E-state index contributed by atoms with van der Waals surface area (Å²) in [6, 6.07) is -0.956. The van der Waals surface area contributed by atoms with E-state index in [1.165, 1.54) is 6.92 Å². The standard InChI is InChI=1S/C38H69N9O14/c1-30(48)40-10-4-20-59-22-24-61-25-23-60-21-5-11-41-32(49)7-8-33(50)43-31(38(39)58)6-2-3-9-42-34(51)26-44-12-14-45(27-35(52)53)16-18-47(29-37(56)57)19-17-46(15-13-44)28-36(54)55/h31H,2-29H2,1H3,(H2,39,58)(H,40,48)(H,41,49)(H,42,51)(H,43,50)(H,52,53)(H,54,55)(H,56,57)/t31-/m0/s1. The zero-order valence-electron chi connectivity index (χ0n) is 35.6. The number of carbonyl (C=O) groups excluding carboxylic acids is 5. The average Bonchev–Trinajstić information content (AvgIpc) is 3.18. The summed E-state index contributed by atoms with van der Waals surface area (Å²) in [6.45, 7) is 6.64. The monoisotopic (exact) mass is 875 g/mol. The molecule has 5 amide bonds. The topological polar surface area (TPSA) is 312 Å². The van der Waals surface area contributed by atoms with Gasteiger partial charge in [0.2, 0.25) is 29.5 Å². The maximum absolute atomic E-state index is 12.9. The van der Waals surface area contributed by atoms with Crippen LogP contribution in [-0.2, 0) is 52.6 Å². The molecule has 23 nitrogen and oxygen atoms in total. The molecule has 350 valence electrons. The molecule has 9 N–H and O–H groups in total. The summed E-state index contributed by atoms with van der Waals surface area (Å²) in [7, 11) is 0. The third-order valence-corrected chi connectivity index (χ3v) is 9.24. The van der Waals surface area contributed by atoms with Crippen molar-refractivity contribution in [3.05, 3.63) is 0 Å². The van der Waals surface area contributed by atoms with Gasteiger partial charge in [0.15, 0.2) is 0 Å². The minimum absolute atomic E-state index is 0.0357. The molecular weight excluding hydrogens is 806 g/mol. The van der Waals surface area contributed by atoms with Crippen LogP contribution in [-0.4, -0.2) is 226 Å². The van der Waals surface area contributed by atoms with E-state index >= 15 is 0 Å². The van der Waals surface area contributed by atoms with E-state index < -0.39 is 35.8 Å². The molecule has 1 atom stereocenters. The molecule has 61 heavy (non-hydrogen) atoms. The molecule has 0 aromatic heterocycles. The van der Waals surface area contributed by atoms with E-state index in [2.05, 4.69) is 21.3 Å². The van der Waals surface area contributed by atoms with E-state index in [9.17, 15) is 53.7 Å². The van der Waals surface area contributed by atoms with Crippen LogP contribution in [0.1, 0.15) is 51.9 Å². The molecule has 0 bridgehead atoms. The highest BCUT2D eigenvalue weighted by molar-refractivity contribution is 5.88. The van der Waals surface area contributed by atoms with E-state index in [-0.39, 0.29) is 109 Å². The van der Waals surface area contributed by atoms with Crippen LogP contribution in [0.3, 0.4) is 0 Å². The molecule has 0 saturated carbocycles. The quantitative estimate of drug-likeness (QED) is 0.0305. The summed E-state index contributed by atoms with van der Waals surface area (Å²) in [6.07, 6.45) is 2.20. The van der Waals surface area contributed by atoms with E-state index in [1.807, 2.05) is 4.90 Å². The van der Waals surface area contributed by atoms with Crippen LogP contribution < -0.4 is 27.0 Å². The SMILES string of the molecule is CC(=O)NCCCOCCOCCOCCCNC(=O)CCC(=O)N[C@@H](CCCCNC(=O)CN1CCN(CC(=O)O)CCN(CC(=O)O)CCN(CC(=O)O)CC1)C(N)=O. The first-order valence-electron chi connectivity index (χ1n) is 20.8. The summed E-state index contributed by atoms with van der Waals surface area (Å²) in [4.78, 5) is 102. The van der Waals surface area contributed by atoms with Crippen LogP contribution in [0.2, 0.25) is 0 Å². The van der Waals surface area contributed by atoms with Crippen molar-refractivity contribution in [2.45, 2.75) is 57.9 Å². The van der Waals surface area contributed by atoms with Gasteiger partial charge in [-0.15, -0.1) is 0 Å². The van der Waals surface area contributed by atoms with Crippen molar-refractivity contribution in [2.24, 2.45) is 5.73 Å². The number of aliphatic carboxylic acids is 3. The molecule has 1 rings (SSSR count). The first-order valence-corrected chi connectivity index (χ1v) is 20.8. The second kappa shape index (κ2) is 34.1. The molecule has 1 fully saturated rings. The Balaban J connectivity index is 2.35. The van der Waals surface area contributed by atoms with Gasteiger partial charge in [-0.05, 0) is 32.1 Å². The van der Waals surface area contributed by atoms with Crippen molar-refractivity contribution < 1.29 is 67.9 Å². The summed E-state index contributed by atoms with van der Waals surface area (Å²) >= 11 is 0. The summed E-state index contributed by atoms with van der Waals surface area (Å²) in [5, 5.41) is 39.0. The molecule has 1 aliphatic rings. The number of unbranched alkanes of at least 4 members (excludes halogenated alkanes) is 1. The van der Waals surface area contributed by atoms with E-state index in [0.717, 1.165) is 6.42 Å². The number of hydrogen-bond acceptors (Lipinski definition) is 15. The van der Waals surface area contributed by atoms with Crippen molar-refractivity contribution in [3.8, 4) is 0 Å². The Hall–Kier alpha value is -4.52. The van der Waals surface area contributed by atoms with Crippen molar-refractivity contribution in [3.63, 3.8) is 0 Å². The highest BCUT2D eigenvalue weighted by atomic mass is 16.5. The lowest BCUT2D eigenvalue weighted by Gasteiger charge is -2.32. The van der Waals surface area contributed by atoms with Crippen molar-refractivity contribution in [2.75, 3.05) is 138 Å². The molecule has 1 aliphatic heterocycles. The highest BCUT2D eigenvalue weighted by Gasteiger charge is 2.22. The number of nitrogens with zero attached hydrogens (tertiary/aromatic N) is 4. The van der Waals surface area contributed by atoms with Gasteiger partial charge in [-0.3, -0.25) is 58.0 Å². The predicted molar refractivity (Wildman–Crippen MR) is 219 cm³/mol. The Labute approximate surface area is 357 Å². The number of carboxylic acids is 3. The smallest absolute Gasteiger partial charge is 0.317 e. The Bertz CT molecular complexity index is 1310. The number of carboxylic acid groups (broad SMARTS) is 3. The van der Waals surface area contributed by atoms with Crippen molar-refractivity contribution in [1.82, 2.24) is 40.9 Å². The summed E-state index contributed by atoms with van der Waals surface area (Å²) in [5.41, 5.74) is 5.50. The van der Waals surface area contributed by atoms with Gasteiger partial charge in [0, 0.05) is 105 Å². The molecule has 23 heteroatoms. The average molecular weight is 876 g/mol. The fraction of sp³-hybridized carbons (Fsp3) is 0.789. The maximum atomic E-state index is 12.9. The Morgan fingerprint density at radius 2 is 0.885 bits per heavy atom. The first kappa shape index (κ1) is 54.5. The van der Waals surface area contributed by atoms with E-state index in [4.69, 9.17) is 19.9 Å². The van der Waals surface area contributed by atoms with Crippen molar-refractivity contribution in [1.29, 1.82) is 0 Å². The minimum Gasteiger partial charge on any atom is -0.480 e. The van der Waals surface area contributed by atoms with Crippen LogP contribution in [0.4, 0.5) is 0 Å². The molecule has 0 spiro atoms. The maximum Gasteiger partial charge on any atom is 0.317 e. The van der Waals surface area contributed by atoms with Crippen LogP contribution >= 0.6 is 0 Å². The fourth-order valence-corrected chi connectivity index (χ4v) is 6.00. The molecule has 1 saturated heterocycles. The molecule has 0 aromatic carbocycles. The number of ether oxygens (including phenoxy) is 3. The number of nitrogens with two attached hydrogens (primary N) is 1. The summed E-state index contributed by atoms with van der Waals surface area (Å²) in [5.74, 6) is -5.07. The molecular formula is C38H69N9O14. The van der Waals surface area contributed by atoms with Gasteiger partial charge in [-0.2, -0.15) is 0 Å². The van der Waals surface area contributed by atoms with Gasteiger partial charge in [-0.1, -0.05) is 0 Å². The van der Waals surface area contributed by atoms with E-state index in [0.29, 0.717) is 85.1 Å². The van der Waals surface area contributed by atoms with Gasteiger partial charge in [0.1, 0.15) is 6.04 Å². The summed E-state index contributed by atoms with van der Waals surface area (Å²) < 4.78 is 16.3. The Morgan fingerprint density at radius 3 is 1.31 bits per heavy atom. The minimum atomic E-state index is -1.05. The first-order chi connectivity index (χ1) is 29.1. The lowest BCUT2D eigenvalue weighted by molar-refractivity contribution is -0.140. The van der Waals surface area contributed by atoms with Crippen LogP contribution in [0.25, 0.3) is 0 Å².